The lowest BCUT2D eigenvalue weighted by Gasteiger charge is -2.41. The molecule has 0 amide bonds. The Morgan fingerprint density at radius 2 is 2.29 bits per heavy atom. The number of nitrogens with one attached hydrogen (secondary N) is 1. The number of hydrogen-bond donors (Lipinski definition) is 1. The molecule has 2 fully saturated rings. The highest BCUT2D eigenvalue weighted by molar-refractivity contribution is 4.85. The summed E-state index contributed by atoms with van der Waals surface area (Å²) < 4.78 is 11.6. The minimum atomic E-state index is -0.0601. The van der Waals surface area contributed by atoms with Crippen molar-refractivity contribution in [1.82, 2.24) is 5.32 Å². The molecule has 0 saturated carbocycles. The number of ether oxygens (including phenoxy) is 2. The van der Waals surface area contributed by atoms with Crippen LogP contribution >= 0.6 is 0 Å². The van der Waals surface area contributed by atoms with Crippen molar-refractivity contribution in [2.45, 2.75) is 50.9 Å². The van der Waals surface area contributed by atoms with Crippen molar-refractivity contribution in [3.8, 4) is 0 Å². The first kappa shape index (κ1) is 10.4. The van der Waals surface area contributed by atoms with Crippen LogP contribution in [0.1, 0.15) is 39.0 Å². The van der Waals surface area contributed by atoms with E-state index in [9.17, 15) is 0 Å². The third kappa shape index (κ3) is 2.27. The summed E-state index contributed by atoms with van der Waals surface area (Å²) >= 11 is 0. The fourth-order valence-electron chi connectivity index (χ4n) is 2.39. The molecule has 2 rings (SSSR count). The van der Waals surface area contributed by atoms with Crippen LogP contribution < -0.4 is 5.32 Å². The summed E-state index contributed by atoms with van der Waals surface area (Å²) in [7, 11) is 0. The summed E-state index contributed by atoms with van der Waals surface area (Å²) in [6.07, 6.45) is 5.95. The highest BCUT2D eigenvalue weighted by atomic mass is 16.5. The molecule has 1 spiro atoms. The average Bonchev–Trinajstić information content (AvgIpc) is 2.44. The summed E-state index contributed by atoms with van der Waals surface area (Å²) in [5.41, 5.74) is -0.0601. The van der Waals surface area contributed by atoms with Gasteiger partial charge in [-0.1, -0.05) is 6.92 Å². The van der Waals surface area contributed by atoms with Crippen LogP contribution in [0.5, 0.6) is 0 Å². The van der Waals surface area contributed by atoms with Crippen molar-refractivity contribution in [1.29, 1.82) is 0 Å². The molecule has 0 aromatic rings. The third-order valence-electron chi connectivity index (χ3n) is 3.28. The Hall–Kier alpha value is -0.120. The minimum Gasteiger partial charge on any atom is -0.381 e. The summed E-state index contributed by atoms with van der Waals surface area (Å²) in [5.74, 6) is 0. The largest absolute Gasteiger partial charge is 0.381 e. The first-order valence-corrected chi connectivity index (χ1v) is 5.85. The smallest absolute Gasteiger partial charge is 0.121 e. The lowest BCUT2D eigenvalue weighted by molar-refractivity contribution is -0.151. The Balaban J connectivity index is 1.97. The molecule has 2 aliphatic rings. The molecule has 82 valence electrons. The van der Waals surface area contributed by atoms with Gasteiger partial charge in [-0.2, -0.15) is 0 Å². The highest BCUT2D eigenvalue weighted by Gasteiger charge is 2.36. The summed E-state index contributed by atoms with van der Waals surface area (Å²) in [5, 5.41) is 3.54. The zero-order valence-electron chi connectivity index (χ0n) is 9.05. The van der Waals surface area contributed by atoms with Crippen LogP contribution in [0.4, 0.5) is 0 Å². The van der Waals surface area contributed by atoms with Crippen LogP contribution in [0.3, 0.4) is 0 Å². The van der Waals surface area contributed by atoms with Gasteiger partial charge in [0, 0.05) is 19.6 Å². The topological polar surface area (TPSA) is 30.5 Å². The first-order chi connectivity index (χ1) is 6.85. The van der Waals surface area contributed by atoms with Crippen LogP contribution in [0.2, 0.25) is 0 Å². The highest BCUT2D eigenvalue weighted by Crippen LogP contribution is 2.28. The Kier molecular flexibility index (Phi) is 3.42. The van der Waals surface area contributed by atoms with Gasteiger partial charge < -0.3 is 9.47 Å². The molecule has 3 nitrogen and oxygen atoms in total. The Morgan fingerprint density at radius 1 is 1.36 bits per heavy atom. The van der Waals surface area contributed by atoms with E-state index >= 15 is 0 Å². The maximum absolute atomic E-state index is 6.15. The molecule has 1 N–H and O–H groups in total. The molecule has 0 radical (unpaired) electrons. The van der Waals surface area contributed by atoms with Crippen LogP contribution in [-0.2, 0) is 9.47 Å². The molecule has 2 heterocycles. The molecule has 2 aliphatic heterocycles. The molecule has 0 bridgehead atoms. The van der Waals surface area contributed by atoms with Gasteiger partial charge in [0.1, 0.15) is 5.72 Å². The average molecular weight is 199 g/mol. The number of hydrogen-bond acceptors (Lipinski definition) is 3. The molecule has 0 aromatic heterocycles. The fourth-order valence-corrected chi connectivity index (χ4v) is 2.39. The molecular weight excluding hydrogens is 178 g/mol. The predicted octanol–water partition coefficient (Wildman–Crippen LogP) is 1.67. The normalized spacial score (nSPS) is 39.6. The van der Waals surface area contributed by atoms with E-state index in [0.29, 0.717) is 6.10 Å². The van der Waals surface area contributed by atoms with Gasteiger partial charge in [0.15, 0.2) is 0 Å². The zero-order chi connectivity index (χ0) is 9.86. The van der Waals surface area contributed by atoms with E-state index in [0.717, 1.165) is 51.9 Å². The van der Waals surface area contributed by atoms with Crippen LogP contribution in [0, 0.1) is 0 Å². The van der Waals surface area contributed by atoms with Crippen LogP contribution in [-0.4, -0.2) is 31.6 Å². The molecule has 2 atom stereocenters. The van der Waals surface area contributed by atoms with Gasteiger partial charge in [0.2, 0.25) is 0 Å². The Morgan fingerprint density at radius 3 is 3.14 bits per heavy atom. The van der Waals surface area contributed by atoms with Gasteiger partial charge in [-0.05, 0) is 25.7 Å². The maximum atomic E-state index is 6.15. The molecule has 0 aliphatic carbocycles. The third-order valence-corrected chi connectivity index (χ3v) is 3.28. The van der Waals surface area contributed by atoms with Crippen molar-refractivity contribution in [2.24, 2.45) is 0 Å². The van der Waals surface area contributed by atoms with E-state index in [1.165, 1.54) is 0 Å². The van der Waals surface area contributed by atoms with E-state index in [2.05, 4.69) is 12.2 Å². The van der Waals surface area contributed by atoms with Gasteiger partial charge in [0.25, 0.3) is 0 Å². The predicted molar refractivity (Wildman–Crippen MR) is 55.2 cm³/mol. The molecule has 2 saturated heterocycles. The van der Waals surface area contributed by atoms with Gasteiger partial charge in [-0.3, -0.25) is 5.32 Å². The van der Waals surface area contributed by atoms with E-state index in [1.807, 2.05) is 0 Å². The molecule has 2 unspecified atom stereocenters. The summed E-state index contributed by atoms with van der Waals surface area (Å²) in [4.78, 5) is 0. The maximum Gasteiger partial charge on any atom is 0.121 e. The quantitative estimate of drug-likeness (QED) is 0.697. The zero-order valence-corrected chi connectivity index (χ0v) is 9.05. The Labute approximate surface area is 86.2 Å². The van der Waals surface area contributed by atoms with Gasteiger partial charge in [0.05, 0.1) is 12.7 Å². The van der Waals surface area contributed by atoms with Crippen molar-refractivity contribution >= 4 is 0 Å². The monoisotopic (exact) mass is 199 g/mol. The summed E-state index contributed by atoms with van der Waals surface area (Å²) in [6.45, 7) is 5.03. The van der Waals surface area contributed by atoms with Crippen molar-refractivity contribution in [2.75, 3.05) is 19.8 Å². The van der Waals surface area contributed by atoms with E-state index in [4.69, 9.17) is 9.47 Å². The van der Waals surface area contributed by atoms with Gasteiger partial charge in [-0.25, -0.2) is 0 Å². The van der Waals surface area contributed by atoms with Gasteiger partial charge >= 0.3 is 0 Å². The lowest BCUT2D eigenvalue weighted by Crippen LogP contribution is -2.54. The number of rotatable bonds is 1. The van der Waals surface area contributed by atoms with Crippen molar-refractivity contribution in [3.05, 3.63) is 0 Å². The second kappa shape index (κ2) is 4.60. The van der Waals surface area contributed by atoms with Crippen molar-refractivity contribution < 1.29 is 9.47 Å². The fraction of sp³-hybridized carbons (Fsp3) is 1.00. The van der Waals surface area contributed by atoms with Crippen LogP contribution in [0.25, 0.3) is 0 Å². The first-order valence-electron chi connectivity index (χ1n) is 5.85. The molecular formula is C11H21NO2. The summed E-state index contributed by atoms with van der Waals surface area (Å²) in [6, 6.07) is 0. The van der Waals surface area contributed by atoms with Crippen LogP contribution in [0.15, 0.2) is 0 Å². The molecule has 0 aromatic carbocycles. The van der Waals surface area contributed by atoms with E-state index in [-0.39, 0.29) is 5.72 Å². The second-order valence-corrected chi connectivity index (χ2v) is 4.32. The standard InChI is InChI=1S/C11H21NO2/c1-2-10-4-7-12-11(14-10)5-3-8-13-9-6-11/h10,12H,2-9H2,1H3. The second-order valence-electron chi connectivity index (χ2n) is 4.32. The van der Waals surface area contributed by atoms with Crippen molar-refractivity contribution in [3.63, 3.8) is 0 Å². The Bertz CT molecular complexity index is 176. The van der Waals surface area contributed by atoms with E-state index < -0.39 is 0 Å². The molecule has 3 heteroatoms. The van der Waals surface area contributed by atoms with E-state index in [1.54, 1.807) is 0 Å². The van der Waals surface area contributed by atoms with Gasteiger partial charge in [-0.15, -0.1) is 0 Å². The lowest BCUT2D eigenvalue weighted by atomic mass is 10.0. The minimum absolute atomic E-state index is 0.0601. The molecule has 14 heavy (non-hydrogen) atoms. The SMILES string of the molecule is CCC1CCNC2(CCCOCC2)O1.